The molecule has 0 saturated heterocycles. The monoisotopic (exact) mass is 365 g/mol. The lowest BCUT2D eigenvalue weighted by Gasteiger charge is -2.02. The van der Waals surface area contributed by atoms with Crippen molar-refractivity contribution in [3.63, 3.8) is 0 Å². The summed E-state index contributed by atoms with van der Waals surface area (Å²) >= 11 is 5.90. The van der Waals surface area contributed by atoms with Gasteiger partial charge < -0.3 is 14.8 Å². The molecular formula is C20H12ClNO4. The highest BCUT2D eigenvalue weighted by Gasteiger charge is 2.23. The second-order valence-corrected chi connectivity index (χ2v) is 6.17. The molecule has 26 heavy (non-hydrogen) atoms. The van der Waals surface area contributed by atoms with Gasteiger partial charge in [0, 0.05) is 16.8 Å². The molecule has 128 valence electrons. The molecule has 0 atom stereocenters. The molecular weight excluding hydrogens is 354 g/mol. The average Bonchev–Trinajstić information content (AvgIpc) is 3.21. The number of rotatable bonds is 3. The van der Waals surface area contributed by atoms with Gasteiger partial charge in [-0.15, -0.1) is 0 Å². The summed E-state index contributed by atoms with van der Waals surface area (Å²) in [4.78, 5) is 23.4. The minimum atomic E-state index is -1.11. The number of carbonyl (C=O) groups excluding carboxylic acids is 1. The van der Waals surface area contributed by atoms with E-state index in [-0.39, 0.29) is 16.5 Å². The van der Waals surface area contributed by atoms with E-state index in [0.717, 1.165) is 11.3 Å². The van der Waals surface area contributed by atoms with Crippen LogP contribution in [0.25, 0.3) is 23.0 Å². The molecule has 0 unspecified atom stereocenters. The number of aromatic carboxylic acids is 1. The van der Waals surface area contributed by atoms with Crippen LogP contribution in [-0.2, 0) is 4.79 Å². The number of furan rings is 1. The number of halogens is 1. The van der Waals surface area contributed by atoms with E-state index in [1.165, 1.54) is 12.1 Å². The Morgan fingerprint density at radius 1 is 1.12 bits per heavy atom. The highest BCUT2D eigenvalue weighted by atomic mass is 35.5. The maximum Gasteiger partial charge on any atom is 0.337 e. The van der Waals surface area contributed by atoms with Crippen LogP contribution in [0.5, 0.6) is 0 Å². The summed E-state index contributed by atoms with van der Waals surface area (Å²) in [7, 11) is 0. The molecule has 0 fully saturated rings. The number of carbonyl (C=O) groups is 2. The van der Waals surface area contributed by atoms with Crippen LogP contribution in [0.1, 0.15) is 21.7 Å². The van der Waals surface area contributed by atoms with Gasteiger partial charge in [-0.2, -0.15) is 0 Å². The highest BCUT2D eigenvalue weighted by molar-refractivity contribution is 6.35. The number of fused-ring (bicyclic) bond motifs is 1. The third kappa shape index (κ3) is 2.78. The standard InChI is InChI=1S/C20H12ClNO4/c21-16-7-5-11(9-15(16)20(24)25)18-8-6-12(26-18)10-14-13-3-1-2-4-17(13)22-19(14)23/h1-10H,(H,22,23)(H,24,25)/b14-10+. The second kappa shape index (κ2) is 6.20. The van der Waals surface area contributed by atoms with E-state index < -0.39 is 5.97 Å². The molecule has 5 nitrogen and oxygen atoms in total. The van der Waals surface area contributed by atoms with Gasteiger partial charge in [-0.25, -0.2) is 4.79 Å². The van der Waals surface area contributed by atoms with Crippen molar-refractivity contribution in [1.82, 2.24) is 0 Å². The fourth-order valence-electron chi connectivity index (χ4n) is 2.85. The van der Waals surface area contributed by atoms with Gasteiger partial charge in [-0.3, -0.25) is 4.79 Å². The van der Waals surface area contributed by atoms with Crippen molar-refractivity contribution >= 4 is 40.8 Å². The van der Waals surface area contributed by atoms with E-state index in [1.807, 2.05) is 24.3 Å². The average molecular weight is 366 g/mol. The third-order valence-electron chi connectivity index (χ3n) is 4.10. The molecule has 2 heterocycles. The Balaban J connectivity index is 1.71. The maximum absolute atomic E-state index is 12.2. The fraction of sp³-hybridized carbons (Fsp3) is 0. The fourth-order valence-corrected chi connectivity index (χ4v) is 3.05. The zero-order valence-electron chi connectivity index (χ0n) is 13.3. The summed E-state index contributed by atoms with van der Waals surface area (Å²) in [6, 6.07) is 15.5. The molecule has 0 saturated carbocycles. The first-order valence-electron chi connectivity index (χ1n) is 7.78. The zero-order valence-corrected chi connectivity index (χ0v) is 14.1. The molecule has 1 amide bonds. The van der Waals surface area contributed by atoms with Crippen molar-refractivity contribution in [1.29, 1.82) is 0 Å². The Morgan fingerprint density at radius 2 is 1.92 bits per heavy atom. The van der Waals surface area contributed by atoms with Crippen molar-refractivity contribution in [3.05, 3.63) is 76.5 Å². The number of hydrogen-bond acceptors (Lipinski definition) is 3. The number of carboxylic acid groups (broad SMARTS) is 1. The van der Waals surface area contributed by atoms with Gasteiger partial charge in [-0.05, 0) is 42.5 Å². The lowest BCUT2D eigenvalue weighted by atomic mass is 10.1. The molecule has 2 N–H and O–H groups in total. The van der Waals surface area contributed by atoms with Crippen LogP contribution in [0.15, 0.2) is 59.0 Å². The number of para-hydroxylation sites is 1. The molecule has 6 heteroatoms. The van der Waals surface area contributed by atoms with Crippen molar-refractivity contribution in [2.75, 3.05) is 5.32 Å². The van der Waals surface area contributed by atoms with E-state index in [0.29, 0.717) is 22.7 Å². The summed E-state index contributed by atoms with van der Waals surface area (Å²) in [6.07, 6.45) is 1.67. The van der Waals surface area contributed by atoms with Crippen molar-refractivity contribution in [2.45, 2.75) is 0 Å². The molecule has 0 radical (unpaired) electrons. The van der Waals surface area contributed by atoms with E-state index in [9.17, 15) is 14.7 Å². The Hall–Kier alpha value is -3.31. The van der Waals surface area contributed by atoms with E-state index >= 15 is 0 Å². The molecule has 1 aliphatic rings. The Morgan fingerprint density at radius 3 is 2.73 bits per heavy atom. The van der Waals surface area contributed by atoms with Crippen LogP contribution in [0.2, 0.25) is 5.02 Å². The molecule has 3 aromatic rings. The minimum Gasteiger partial charge on any atom is -0.478 e. The smallest absolute Gasteiger partial charge is 0.337 e. The molecule has 4 rings (SSSR count). The number of hydrogen-bond donors (Lipinski definition) is 2. The molecule has 1 aromatic heterocycles. The van der Waals surface area contributed by atoms with E-state index in [2.05, 4.69) is 5.32 Å². The summed E-state index contributed by atoms with van der Waals surface area (Å²) in [5, 5.41) is 12.2. The number of carboxylic acids is 1. The molecule has 0 bridgehead atoms. The summed E-state index contributed by atoms with van der Waals surface area (Å²) < 4.78 is 5.78. The minimum absolute atomic E-state index is 0.00423. The van der Waals surface area contributed by atoms with Gasteiger partial charge in [0.2, 0.25) is 0 Å². The van der Waals surface area contributed by atoms with Crippen LogP contribution >= 0.6 is 11.6 Å². The SMILES string of the molecule is O=C1Nc2ccccc2/C1=C\c1ccc(-c2ccc(Cl)c(C(=O)O)c2)o1. The first kappa shape index (κ1) is 16.2. The number of benzene rings is 2. The van der Waals surface area contributed by atoms with Gasteiger partial charge in [0.15, 0.2) is 0 Å². The molecule has 0 spiro atoms. The number of amides is 1. The number of anilines is 1. The summed E-state index contributed by atoms with van der Waals surface area (Å²) in [5.74, 6) is -0.315. The quantitative estimate of drug-likeness (QED) is 0.654. The third-order valence-corrected chi connectivity index (χ3v) is 4.43. The Labute approximate surface area is 153 Å². The molecule has 2 aromatic carbocycles. The summed E-state index contributed by atoms with van der Waals surface area (Å²) in [5.41, 5.74) is 2.69. The van der Waals surface area contributed by atoms with Crippen LogP contribution in [-0.4, -0.2) is 17.0 Å². The van der Waals surface area contributed by atoms with E-state index in [1.54, 1.807) is 24.3 Å². The predicted octanol–water partition coefficient (Wildman–Crippen LogP) is 4.79. The predicted molar refractivity (Wildman–Crippen MR) is 99.1 cm³/mol. The topological polar surface area (TPSA) is 79.5 Å². The van der Waals surface area contributed by atoms with Crippen LogP contribution in [0.4, 0.5) is 5.69 Å². The molecule has 0 aliphatic carbocycles. The zero-order chi connectivity index (χ0) is 18.3. The van der Waals surface area contributed by atoms with Crippen molar-refractivity contribution in [3.8, 4) is 11.3 Å². The summed E-state index contributed by atoms with van der Waals surface area (Å²) in [6.45, 7) is 0. The maximum atomic E-state index is 12.2. The normalized spacial score (nSPS) is 14.3. The van der Waals surface area contributed by atoms with Crippen LogP contribution in [0.3, 0.4) is 0 Å². The number of nitrogens with one attached hydrogen (secondary N) is 1. The van der Waals surface area contributed by atoms with Gasteiger partial charge in [-0.1, -0.05) is 29.8 Å². The molecule has 1 aliphatic heterocycles. The van der Waals surface area contributed by atoms with Gasteiger partial charge in [0.25, 0.3) is 5.91 Å². The van der Waals surface area contributed by atoms with Crippen molar-refractivity contribution < 1.29 is 19.1 Å². The van der Waals surface area contributed by atoms with Crippen LogP contribution < -0.4 is 5.32 Å². The Kier molecular flexibility index (Phi) is 3.86. The largest absolute Gasteiger partial charge is 0.478 e. The van der Waals surface area contributed by atoms with E-state index in [4.69, 9.17) is 16.0 Å². The highest BCUT2D eigenvalue weighted by Crippen LogP contribution is 2.34. The van der Waals surface area contributed by atoms with Gasteiger partial charge in [0.05, 0.1) is 16.2 Å². The first-order chi connectivity index (χ1) is 12.5. The first-order valence-corrected chi connectivity index (χ1v) is 8.16. The Bertz CT molecular complexity index is 1080. The second-order valence-electron chi connectivity index (χ2n) is 5.76. The lowest BCUT2D eigenvalue weighted by molar-refractivity contribution is -0.110. The lowest BCUT2D eigenvalue weighted by Crippen LogP contribution is -2.03. The van der Waals surface area contributed by atoms with Gasteiger partial charge in [0.1, 0.15) is 11.5 Å². The van der Waals surface area contributed by atoms with Crippen molar-refractivity contribution in [2.24, 2.45) is 0 Å². The van der Waals surface area contributed by atoms with Gasteiger partial charge >= 0.3 is 5.97 Å². The van der Waals surface area contributed by atoms with Crippen LogP contribution in [0, 0.1) is 0 Å².